The number of fused-ring (bicyclic) bond motifs is 1. The van der Waals surface area contributed by atoms with Gasteiger partial charge in [0.1, 0.15) is 5.65 Å². The molecule has 2 heterocycles. The van der Waals surface area contributed by atoms with Crippen LogP contribution in [0.15, 0.2) is 18.3 Å². The van der Waals surface area contributed by atoms with Crippen molar-refractivity contribution in [3.63, 3.8) is 0 Å². The van der Waals surface area contributed by atoms with Crippen molar-refractivity contribution in [3.05, 3.63) is 29.6 Å². The third kappa shape index (κ3) is 1.65. The molecule has 0 bridgehead atoms. The number of H-pyrrole nitrogens is 1. The lowest BCUT2D eigenvalue weighted by molar-refractivity contribution is 0.510. The van der Waals surface area contributed by atoms with Crippen LogP contribution in [0.25, 0.3) is 11.0 Å². The summed E-state index contributed by atoms with van der Waals surface area (Å²) < 4.78 is 0. The van der Waals surface area contributed by atoms with Crippen LogP contribution >= 0.6 is 0 Å². The lowest BCUT2D eigenvalue weighted by atomic mass is 9.82. The fourth-order valence-electron chi connectivity index (χ4n) is 1.85. The van der Waals surface area contributed by atoms with E-state index in [1.54, 1.807) is 0 Å². The zero-order valence-electron chi connectivity index (χ0n) is 9.89. The lowest BCUT2D eigenvalue weighted by Gasteiger charge is -2.21. The van der Waals surface area contributed by atoms with Crippen LogP contribution in [0, 0.1) is 6.92 Å². The third-order valence-electron chi connectivity index (χ3n) is 3.29. The molecule has 2 aromatic rings. The van der Waals surface area contributed by atoms with Crippen molar-refractivity contribution in [2.24, 2.45) is 0 Å². The topological polar surface area (TPSA) is 28.7 Å². The van der Waals surface area contributed by atoms with Crippen LogP contribution in [0.4, 0.5) is 0 Å². The van der Waals surface area contributed by atoms with Gasteiger partial charge in [0.25, 0.3) is 0 Å². The molecule has 2 heteroatoms. The van der Waals surface area contributed by atoms with Gasteiger partial charge in [0.15, 0.2) is 0 Å². The number of rotatable bonds is 2. The Kier molecular flexibility index (Phi) is 2.29. The largest absolute Gasteiger partial charge is 0.346 e. The van der Waals surface area contributed by atoms with E-state index in [2.05, 4.69) is 49.1 Å². The SMILES string of the molecule is CCC(C)(C)c1c[nH]c2nc(C)ccc12. The minimum Gasteiger partial charge on any atom is -0.346 e. The number of pyridine rings is 1. The van der Waals surface area contributed by atoms with Crippen molar-refractivity contribution < 1.29 is 0 Å². The summed E-state index contributed by atoms with van der Waals surface area (Å²) in [5.74, 6) is 0. The Bertz CT molecular complexity index is 480. The van der Waals surface area contributed by atoms with Gasteiger partial charge in [-0.05, 0) is 36.5 Å². The summed E-state index contributed by atoms with van der Waals surface area (Å²) in [6.45, 7) is 8.79. The zero-order chi connectivity index (χ0) is 11.1. The minimum atomic E-state index is 0.217. The summed E-state index contributed by atoms with van der Waals surface area (Å²) >= 11 is 0. The second-order valence-corrected chi connectivity index (χ2v) is 4.79. The van der Waals surface area contributed by atoms with E-state index in [1.165, 1.54) is 10.9 Å². The molecule has 0 unspecified atom stereocenters. The monoisotopic (exact) mass is 202 g/mol. The Morgan fingerprint density at radius 1 is 1.33 bits per heavy atom. The first-order chi connectivity index (χ1) is 7.04. The van der Waals surface area contributed by atoms with E-state index in [1.807, 2.05) is 6.92 Å². The molecule has 2 rings (SSSR count). The summed E-state index contributed by atoms with van der Waals surface area (Å²) in [5.41, 5.74) is 3.65. The molecule has 2 nitrogen and oxygen atoms in total. The quantitative estimate of drug-likeness (QED) is 0.792. The first-order valence-electron chi connectivity index (χ1n) is 5.50. The molecule has 0 spiro atoms. The van der Waals surface area contributed by atoms with Gasteiger partial charge in [0.05, 0.1) is 0 Å². The smallest absolute Gasteiger partial charge is 0.137 e. The van der Waals surface area contributed by atoms with E-state index in [9.17, 15) is 0 Å². The van der Waals surface area contributed by atoms with E-state index in [0.29, 0.717) is 0 Å². The molecular weight excluding hydrogens is 184 g/mol. The second-order valence-electron chi connectivity index (χ2n) is 4.79. The minimum absolute atomic E-state index is 0.217. The molecule has 80 valence electrons. The van der Waals surface area contributed by atoms with Gasteiger partial charge in [-0.1, -0.05) is 20.8 Å². The number of nitrogens with one attached hydrogen (secondary N) is 1. The summed E-state index contributed by atoms with van der Waals surface area (Å²) in [7, 11) is 0. The van der Waals surface area contributed by atoms with Crippen molar-refractivity contribution in [3.8, 4) is 0 Å². The fourth-order valence-corrected chi connectivity index (χ4v) is 1.85. The highest BCUT2D eigenvalue weighted by Gasteiger charge is 2.21. The van der Waals surface area contributed by atoms with E-state index < -0.39 is 0 Å². The number of hydrogen-bond donors (Lipinski definition) is 1. The standard InChI is InChI=1S/C13H18N2/c1-5-13(3,4)11-8-14-12-10(11)7-6-9(2)15-12/h6-8H,5H2,1-4H3,(H,14,15). The number of aryl methyl sites for hydroxylation is 1. The molecule has 15 heavy (non-hydrogen) atoms. The molecule has 0 aliphatic rings. The lowest BCUT2D eigenvalue weighted by Crippen LogP contribution is -2.14. The van der Waals surface area contributed by atoms with Crippen molar-refractivity contribution in [2.45, 2.75) is 39.5 Å². The average molecular weight is 202 g/mol. The zero-order valence-corrected chi connectivity index (χ0v) is 9.89. The maximum absolute atomic E-state index is 4.49. The molecule has 0 amide bonds. The molecule has 0 radical (unpaired) electrons. The molecule has 0 aliphatic carbocycles. The van der Waals surface area contributed by atoms with Crippen LogP contribution in [-0.2, 0) is 5.41 Å². The van der Waals surface area contributed by atoms with Crippen molar-refractivity contribution >= 4 is 11.0 Å². The highest BCUT2D eigenvalue weighted by Crippen LogP contribution is 2.32. The van der Waals surface area contributed by atoms with Crippen molar-refractivity contribution in [1.29, 1.82) is 0 Å². The summed E-state index contributed by atoms with van der Waals surface area (Å²) in [5, 5.41) is 1.26. The Balaban J connectivity index is 2.64. The van der Waals surface area contributed by atoms with E-state index in [0.717, 1.165) is 17.8 Å². The Morgan fingerprint density at radius 3 is 2.73 bits per heavy atom. The molecule has 1 N–H and O–H groups in total. The molecule has 0 atom stereocenters. The number of hydrogen-bond acceptors (Lipinski definition) is 1. The highest BCUT2D eigenvalue weighted by atomic mass is 14.9. The summed E-state index contributed by atoms with van der Waals surface area (Å²) in [4.78, 5) is 7.75. The van der Waals surface area contributed by atoms with Crippen LogP contribution in [0.2, 0.25) is 0 Å². The second kappa shape index (κ2) is 3.37. The Labute approximate surface area is 90.7 Å². The first kappa shape index (κ1) is 10.2. The molecular formula is C13H18N2. The van der Waals surface area contributed by atoms with Gasteiger partial charge in [-0.25, -0.2) is 4.98 Å². The summed E-state index contributed by atoms with van der Waals surface area (Å²) in [6.07, 6.45) is 3.23. The van der Waals surface area contributed by atoms with Gasteiger partial charge in [0.2, 0.25) is 0 Å². The molecule has 0 saturated heterocycles. The molecule has 2 aromatic heterocycles. The van der Waals surface area contributed by atoms with E-state index >= 15 is 0 Å². The van der Waals surface area contributed by atoms with E-state index in [-0.39, 0.29) is 5.41 Å². The molecule has 0 aliphatic heterocycles. The molecule has 0 fully saturated rings. The fraction of sp³-hybridized carbons (Fsp3) is 0.462. The third-order valence-corrected chi connectivity index (χ3v) is 3.29. The number of aromatic amines is 1. The number of aromatic nitrogens is 2. The van der Waals surface area contributed by atoms with Gasteiger partial charge < -0.3 is 4.98 Å². The van der Waals surface area contributed by atoms with Gasteiger partial charge in [-0.3, -0.25) is 0 Å². The summed E-state index contributed by atoms with van der Waals surface area (Å²) in [6, 6.07) is 4.24. The Hall–Kier alpha value is -1.31. The van der Waals surface area contributed by atoms with Crippen molar-refractivity contribution in [2.75, 3.05) is 0 Å². The predicted octanol–water partition coefficient (Wildman–Crippen LogP) is 3.56. The normalized spacial score (nSPS) is 12.3. The van der Waals surface area contributed by atoms with Crippen LogP contribution in [0.5, 0.6) is 0 Å². The first-order valence-corrected chi connectivity index (χ1v) is 5.50. The van der Waals surface area contributed by atoms with Crippen LogP contribution < -0.4 is 0 Å². The van der Waals surface area contributed by atoms with Gasteiger partial charge in [-0.15, -0.1) is 0 Å². The molecule has 0 saturated carbocycles. The maximum atomic E-state index is 4.49. The average Bonchev–Trinajstić information content (AvgIpc) is 2.61. The highest BCUT2D eigenvalue weighted by molar-refractivity contribution is 5.81. The van der Waals surface area contributed by atoms with Gasteiger partial charge >= 0.3 is 0 Å². The Morgan fingerprint density at radius 2 is 2.07 bits per heavy atom. The van der Waals surface area contributed by atoms with E-state index in [4.69, 9.17) is 0 Å². The predicted molar refractivity (Wildman–Crippen MR) is 64.1 cm³/mol. The molecule has 0 aromatic carbocycles. The van der Waals surface area contributed by atoms with Gasteiger partial charge in [-0.2, -0.15) is 0 Å². The van der Waals surface area contributed by atoms with Gasteiger partial charge in [0, 0.05) is 17.3 Å². The maximum Gasteiger partial charge on any atom is 0.137 e. The van der Waals surface area contributed by atoms with Crippen molar-refractivity contribution in [1.82, 2.24) is 9.97 Å². The van der Waals surface area contributed by atoms with Crippen LogP contribution in [0.1, 0.15) is 38.4 Å². The number of nitrogens with zero attached hydrogens (tertiary/aromatic N) is 1. The van der Waals surface area contributed by atoms with Crippen LogP contribution in [0.3, 0.4) is 0 Å². The van der Waals surface area contributed by atoms with Crippen LogP contribution in [-0.4, -0.2) is 9.97 Å².